The Balaban J connectivity index is 2.28. The van der Waals surface area contributed by atoms with Crippen LogP contribution < -0.4 is 14.8 Å². The Morgan fingerprint density at radius 1 is 1.17 bits per heavy atom. The van der Waals surface area contributed by atoms with Gasteiger partial charge in [0.1, 0.15) is 17.1 Å². The predicted molar refractivity (Wildman–Crippen MR) is 88.5 cm³/mol. The third-order valence-electron chi connectivity index (χ3n) is 3.60. The van der Waals surface area contributed by atoms with Crippen LogP contribution in [0.2, 0.25) is 0 Å². The number of carbonyl (C=O) groups is 1. The molecule has 0 heterocycles. The summed E-state index contributed by atoms with van der Waals surface area (Å²) >= 11 is 0. The van der Waals surface area contributed by atoms with E-state index in [0.29, 0.717) is 17.1 Å². The Kier molecular flexibility index (Phi) is 5.36. The molecule has 0 fully saturated rings. The van der Waals surface area contributed by atoms with Crippen molar-refractivity contribution in [1.82, 2.24) is 5.32 Å². The van der Waals surface area contributed by atoms with Crippen LogP contribution in [0.15, 0.2) is 42.5 Å². The van der Waals surface area contributed by atoms with Gasteiger partial charge >= 0.3 is 0 Å². The van der Waals surface area contributed by atoms with E-state index in [1.165, 1.54) is 25.3 Å². The quantitative estimate of drug-likeness (QED) is 0.649. The first-order chi connectivity index (χ1) is 11.5. The Morgan fingerprint density at radius 3 is 2.50 bits per heavy atom. The topological polar surface area (TPSA) is 90.7 Å². The molecule has 0 aliphatic rings. The number of hydrogen-bond donors (Lipinski definition) is 1. The number of hydrogen-bond acceptors (Lipinski definition) is 5. The highest BCUT2D eigenvalue weighted by Crippen LogP contribution is 2.29. The number of nitrogens with zero attached hydrogens (tertiary/aromatic N) is 1. The van der Waals surface area contributed by atoms with Crippen LogP contribution in [0.3, 0.4) is 0 Å². The van der Waals surface area contributed by atoms with Crippen molar-refractivity contribution < 1.29 is 19.2 Å². The van der Waals surface area contributed by atoms with Gasteiger partial charge in [-0.25, -0.2) is 0 Å². The van der Waals surface area contributed by atoms with Gasteiger partial charge in [0, 0.05) is 11.6 Å². The van der Waals surface area contributed by atoms with E-state index in [4.69, 9.17) is 9.47 Å². The molecule has 1 N–H and O–H groups in total. The van der Waals surface area contributed by atoms with Gasteiger partial charge in [0.2, 0.25) is 0 Å². The van der Waals surface area contributed by atoms with E-state index in [1.54, 1.807) is 38.3 Å². The number of carbonyl (C=O) groups excluding carboxylic acids is 1. The highest BCUT2D eigenvalue weighted by Gasteiger charge is 2.22. The van der Waals surface area contributed by atoms with Gasteiger partial charge in [-0.2, -0.15) is 0 Å². The number of benzene rings is 2. The van der Waals surface area contributed by atoms with E-state index < -0.39 is 16.9 Å². The van der Waals surface area contributed by atoms with Gasteiger partial charge in [-0.1, -0.05) is 12.1 Å². The molecule has 0 radical (unpaired) electrons. The summed E-state index contributed by atoms with van der Waals surface area (Å²) in [6.07, 6.45) is 0. The standard InChI is InChI=1S/C17H18N2O5/c1-11(14-10-12(23-2)8-9-16(14)24-3)18-17(20)13-6-4-5-7-15(13)19(21)22/h4-11H,1-3H3,(H,18,20)/t11-/m1/s1. The largest absolute Gasteiger partial charge is 0.497 e. The van der Waals surface area contributed by atoms with Crippen LogP contribution in [0.5, 0.6) is 11.5 Å². The van der Waals surface area contributed by atoms with Crippen molar-refractivity contribution in [2.45, 2.75) is 13.0 Å². The van der Waals surface area contributed by atoms with Crippen LogP contribution >= 0.6 is 0 Å². The van der Waals surface area contributed by atoms with Crippen molar-refractivity contribution in [2.24, 2.45) is 0 Å². The first-order valence-electron chi connectivity index (χ1n) is 7.24. The van der Waals surface area contributed by atoms with E-state index in [0.717, 1.165) is 0 Å². The average Bonchev–Trinajstić information content (AvgIpc) is 2.60. The molecular weight excluding hydrogens is 312 g/mol. The predicted octanol–water partition coefficient (Wildman–Crippen LogP) is 3.10. The molecule has 0 unspecified atom stereocenters. The Morgan fingerprint density at radius 2 is 1.88 bits per heavy atom. The third kappa shape index (κ3) is 3.62. The SMILES string of the molecule is COc1ccc(OC)c([C@@H](C)NC(=O)c2ccccc2[N+](=O)[O-])c1. The van der Waals surface area contributed by atoms with Crippen molar-refractivity contribution in [2.75, 3.05) is 14.2 Å². The van der Waals surface area contributed by atoms with Crippen LogP contribution in [-0.4, -0.2) is 25.1 Å². The number of nitrogens with one attached hydrogen (secondary N) is 1. The van der Waals surface area contributed by atoms with Crippen molar-refractivity contribution in [3.63, 3.8) is 0 Å². The summed E-state index contributed by atoms with van der Waals surface area (Å²) in [5, 5.41) is 13.8. The van der Waals surface area contributed by atoms with E-state index >= 15 is 0 Å². The summed E-state index contributed by atoms with van der Waals surface area (Å²) in [6, 6.07) is 10.6. The van der Waals surface area contributed by atoms with Gasteiger partial charge in [-0.15, -0.1) is 0 Å². The summed E-state index contributed by atoms with van der Waals surface area (Å²) in [5.74, 6) is 0.684. The number of ether oxygens (including phenoxy) is 2. The summed E-state index contributed by atoms with van der Waals surface area (Å²) < 4.78 is 10.5. The molecule has 0 aromatic heterocycles. The first kappa shape index (κ1) is 17.3. The Bertz CT molecular complexity index is 760. The zero-order valence-electron chi connectivity index (χ0n) is 13.6. The first-order valence-corrected chi connectivity index (χ1v) is 7.24. The molecule has 0 aliphatic heterocycles. The molecule has 2 aromatic carbocycles. The number of rotatable bonds is 6. The molecule has 1 atom stereocenters. The van der Waals surface area contributed by atoms with Crippen LogP contribution in [0, 0.1) is 10.1 Å². The maximum Gasteiger partial charge on any atom is 0.282 e. The lowest BCUT2D eigenvalue weighted by molar-refractivity contribution is -0.385. The van der Waals surface area contributed by atoms with Crippen molar-refractivity contribution in [3.8, 4) is 11.5 Å². The molecule has 126 valence electrons. The maximum absolute atomic E-state index is 12.4. The van der Waals surface area contributed by atoms with Crippen LogP contribution in [0.25, 0.3) is 0 Å². The number of para-hydroxylation sites is 1. The van der Waals surface area contributed by atoms with Crippen molar-refractivity contribution >= 4 is 11.6 Å². The smallest absolute Gasteiger partial charge is 0.282 e. The molecule has 2 aromatic rings. The van der Waals surface area contributed by atoms with Crippen molar-refractivity contribution in [1.29, 1.82) is 0 Å². The van der Waals surface area contributed by atoms with Crippen LogP contribution in [-0.2, 0) is 0 Å². The second-order valence-corrected chi connectivity index (χ2v) is 5.08. The van der Waals surface area contributed by atoms with Gasteiger partial charge in [0.25, 0.3) is 11.6 Å². The number of nitro benzene ring substituents is 1. The Hall–Kier alpha value is -3.09. The van der Waals surface area contributed by atoms with Gasteiger partial charge in [-0.3, -0.25) is 14.9 Å². The minimum atomic E-state index is -0.578. The molecule has 24 heavy (non-hydrogen) atoms. The van der Waals surface area contributed by atoms with Gasteiger partial charge in [-0.05, 0) is 31.2 Å². The molecule has 0 saturated carbocycles. The van der Waals surface area contributed by atoms with Gasteiger partial charge < -0.3 is 14.8 Å². The Labute approximate surface area is 139 Å². The fraction of sp³-hybridized carbons (Fsp3) is 0.235. The highest BCUT2D eigenvalue weighted by atomic mass is 16.6. The zero-order valence-corrected chi connectivity index (χ0v) is 13.6. The van der Waals surface area contributed by atoms with Crippen LogP contribution in [0.4, 0.5) is 5.69 Å². The molecule has 2 rings (SSSR count). The summed E-state index contributed by atoms with van der Waals surface area (Å²) in [7, 11) is 3.07. The zero-order chi connectivity index (χ0) is 17.7. The minimum Gasteiger partial charge on any atom is -0.497 e. The fourth-order valence-corrected chi connectivity index (χ4v) is 2.35. The maximum atomic E-state index is 12.4. The lowest BCUT2D eigenvalue weighted by Crippen LogP contribution is -2.27. The second kappa shape index (κ2) is 7.45. The molecule has 1 amide bonds. The van der Waals surface area contributed by atoms with Crippen molar-refractivity contribution in [3.05, 3.63) is 63.7 Å². The third-order valence-corrected chi connectivity index (χ3v) is 3.60. The molecule has 0 bridgehead atoms. The van der Waals surface area contributed by atoms with Gasteiger partial charge in [0.05, 0.1) is 25.2 Å². The fourth-order valence-electron chi connectivity index (χ4n) is 2.35. The average molecular weight is 330 g/mol. The van der Waals surface area contributed by atoms with E-state index in [1.807, 2.05) is 0 Å². The van der Waals surface area contributed by atoms with E-state index in [-0.39, 0.29) is 11.3 Å². The lowest BCUT2D eigenvalue weighted by atomic mass is 10.1. The summed E-state index contributed by atoms with van der Waals surface area (Å²) in [5.41, 5.74) is 0.486. The molecule has 0 spiro atoms. The highest BCUT2D eigenvalue weighted by molar-refractivity contribution is 5.98. The normalized spacial score (nSPS) is 11.5. The van der Waals surface area contributed by atoms with Gasteiger partial charge in [0.15, 0.2) is 0 Å². The molecule has 7 heteroatoms. The number of amides is 1. The molecule has 0 saturated heterocycles. The second-order valence-electron chi connectivity index (χ2n) is 5.08. The molecule has 7 nitrogen and oxygen atoms in total. The monoisotopic (exact) mass is 330 g/mol. The van der Waals surface area contributed by atoms with E-state index in [2.05, 4.69) is 5.32 Å². The molecule has 0 aliphatic carbocycles. The number of nitro groups is 1. The lowest BCUT2D eigenvalue weighted by Gasteiger charge is -2.18. The molecular formula is C17H18N2O5. The minimum absolute atomic E-state index is 0.0104. The summed E-state index contributed by atoms with van der Waals surface area (Å²) in [4.78, 5) is 22.9. The van der Waals surface area contributed by atoms with E-state index in [9.17, 15) is 14.9 Å². The number of methoxy groups -OCH3 is 2. The summed E-state index contributed by atoms with van der Waals surface area (Å²) in [6.45, 7) is 1.77. The van der Waals surface area contributed by atoms with Crippen LogP contribution in [0.1, 0.15) is 28.9 Å².